The van der Waals surface area contributed by atoms with Gasteiger partial charge in [-0.15, -0.1) is 0 Å². The van der Waals surface area contributed by atoms with Crippen LogP contribution in [0.2, 0.25) is 5.02 Å². The lowest BCUT2D eigenvalue weighted by Crippen LogP contribution is -2.37. The van der Waals surface area contributed by atoms with Gasteiger partial charge in [0.1, 0.15) is 6.54 Å². The highest BCUT2D eigenvalue weighted by atomic mass is 35.5. The minimum Gasteiger partial charge on any atom is -0.323 e. The normalized spacial score (nSPS) is 11.3. The molecule has 0 aliphatic heterocycles. The lowest BCUT2D eigenvalue weighted by Gasteiger charge is -2.22. The second-order valence-electron chi connectivity index (χ2n) is 6.49. The van der Waals surface area contributed by atoms with E-state index in [9.17, 15) is 23.3 Å². The Balaban J connectivity index is 2.25. The van der Waals surface area contributed by atoms with E-state index in [1.807, 2.05) is 13.8 Å². The van der Waals surface area contributed by atoms with Crippen LogP contribution in [0.4, 0.5) is 17.1 Å². The number of hydrogen-bond acceptors (Lipinski definition) is 5. The number of carbonyl (C=O) groups is 1. The first-order chi connectivity index (χ1) is 13.0. The van der Waals surface area contributed by atoms with Crippen LogP contribution < -0.4 is 9.62 Å². The maximum Gasteiger partial charge on any atom is 0.271 e. The smallest absolute Gasteiger partial charge is 0.271 e. The standard InChI is InChI=1S/C18H20ClN3O5S/c1-12(2)13-4-6-14(7-5-13)21(28(3,26)27)11-18(23)20-17-10-15(22(24)25)8-9-16(17)19/h4-10,12H,11H2,1-3H3,(H,20,23). The number of nitro benzene ring substituents is 1. The van der Waals surface area contributed by atoms with Crippen LogP contribution in [-0.2, 0) is 14.8 Å². The number of nitrogens with zero attached hydrogens (tertiary/aromatic N) is 2. The van der Waals surface area contributed by atoms with Gasteiger partial charge in [-0.25, -0.2) is 8.42 Å². The average molecular weight is 426 g/mol. The van der Waals surface area contributed by atoms with Gasteiger partial charge in [0.05, 0.1) is 27.6 Å². The molecule has 8 nitrogen and oxygen atoms in total. The second-order valence-corrected chi connectivity index (χ2v) is 8.80. The SMILES string of the molecule is CC(C)c1ccc(N(CC(=O)Nc2cc([N+](=O)[O-])ccc2Cl)S(C)(=O)=O)cc1. The number of anilines is 2. The third-order valence-electron chi connectivity index (χ3n) is 3.97. The van der Waals surface area contributed by atoms with E-state index in [-0.39, 0.29) is 22.3 Å². The van der Waals surface area contributed by atoms with E-state index in [1.165, 1.54) is 12.1 Å². The number of carbonyl (C=O) groups excluding carboxylic acids is 1. The van der Waals surface area contributed by atoms with E-state index in [0.717, 1.165) is 22.2 Å². The van der Waals surface area contributed by atoms with Crippen molar-refractivity contribution in [2.75, 3.05) is 22.4 Å². The Morgan fingerprint density at radius 1 is 1.21 bits per heavy atom. The van der Waals surface area contributed by atoms with Crippen LogP contribution in [0.3, 0.4) is 0 Å². The monoisotopic (exact) mass is 425 g/mol. The number of rotatable bonds is 7. The zero-order chi connectivity index (χ0) is 21.1. The molecule has 0 aliphatic carbocycles. The van der Waals surface area contributed by atoms with E-state index in [1.54, 1.807) is 24.3 Å². The van der Waals surface area contributed by atoms with E-state index in [0.29, 0.717) is 5.69 Å². The fraction of sp³-hybridized carbons (Fsp3) is 0.278. The molecule has 0 atom stereocenters. The molecule has 2 rings (SSSR count). The number of benzene rings is 2. The molecule has 0 saturated carbocycles. The highest BCUT2D eigenvalue weighted by molar-refractivity contribution is 7.92. The molecular formula is C18H20ClN3O5S. The van der Waals surface area contributed by atoms with E-state index in [2.05, 4.69) is 5.32 Å². The Bertz CT molecular complexity index is 991. The zero-order valence-corrected chi connectivity index (χ0v) is 17.1. The fourth-order valence-corrected chi connectivity index (χ4v) is 3.49. The van der Waals surface area contributed by atoms with Crippen molar-refractivity contribution in [2.45, 2.75) is 19.8 Å². The number of sulfonamides is 1. The van der Waals surface area contributed by atoms with Crippen molar-refractivity contribution in [2.24, 2.45) is 0 Å². The largest absolute Gasteiger partial charge is 0.323 e. The highest BCUT2D eigenvalue weighted by Gasteiger charge is 2.22. The minimum absolute atomic E-state index is 0.0319. The van der Waals surface area contributed by atoms with Crippen molar-refractivity contribution in [3.8, 4) is 0 Å². The molecule has 150 valence electrons. The third kappa shape index (κ3) is 5.43. The predicted molar refractivity (Wildman–Crippen MR) is 109 cm³/mol. The number of halogens is 1. The van der Waals surface area contributed by atoms with Gasteiger partial charge < -0.3 is 5.32 Å². The molecule has 0 heterocycles. The lowest BCUT2D eigenvalue weighted by atomic mass is 10.0. The molecular weight excluding hydrogens is 406 g/mol. The lowest BCUT2D eigenvalue weighted by molar-refractivity contribution is -0.384. The van der Waals surface area contributed by atoms with Crippen molar-refractivity contribution < 1.29 is 18.1 Å². The molecule has 2 aromatic rings. The van der Waals surface area contributed by atoms with E-state index in [4.69, 9.17) is 11.6 Å². The third-order valence-corrected chi connectivity index (χ3v) is 5.44. The van der Waals surface area contributed by atoms with Gasteiger partial charge in [0, 0.05) is 12.1 Å². The van der Waals surface area contributed by atoms with Crippen molar-refractivity contribution >= 4 is 44.6 Å². The minimum atomic E-state index is -3.74. The maximum atomic E-state index is 12.4. The van der Waals surface area contributed by atoms with Crippen molar-refractivity contribution in [1.29, 1.82) is 0 Å². The molecule has 2 aromatic carbocycles. The first-order valence-corrected chi connectivity index (χ1v) is 10.5. The number of hydrogen-bond donors (Lipinski definition) is 1. The first kappa shape index (κ1) is 21.6. The number of nitro groups is 1. The summed E-state index contributed by atoms with van der Waals surface area (Å²) in [5, 5.41) is 13.4. The first-order valence-electron chi connectivity index (χ1n) is 8.30. The van der Waals surface area contributed by atoms with Crippen LogP contribution in [-0.4, -0.2) is 32.0 Å². The van der Waals surface area contributed by atoms with Gasteiger partial charge in [-0.05, 0) is 29.7 Å². The summed E-state index contributed by atoms with van der Waals surface area (Å²) in [6, 6.07) is 10.5. The Labute approximate surface area is 168 Å². The molecule has 1 N–H and O–H groups in total. The number of non-ortho nitro benzene ring substituents is 1. The summed E-state index contributed by atoms with van der Waals surface area (Å²) in [6.07, 6.45) is 0.997. The molecule has 0 spiro atoms. The number of amides is 1. The van der Waals surface area contributed by atoms with Gasteiger partial charge in [-0.3, -0.25) is 19.2 Å². The maximum absolute atomic E-state index is 12.4. The van der Waals surface area contributed by atoms with Gasteiger partial charge in [0.15, 0.2) is 0 Å². The summed E-state index contributed by atoms with van der Waals surface area (Å²) in [6.45, 7) is 3.53. The summed E-state index contributed by atoms with van der Waals surface area (Å²) in [7, 11) is -3.74. The fourth-order valence-electron chi connectivity index (χ4n) is 2.47. The van der Waals surface area contributed by atoms with Crippen molar-refractivity contribution in [3.05, 3.63) is 63.2 Å². The molecule has 1 amide bonds. The Hall–Kier alpha value is -2.65. The summed E-state index contributed by atoms with van der Waals surface area (Å²) in [4.78, 5) is 22.7. The number of nitrogens with one attached hydrogen (secondary N) is 1. The van der Waals surface area contributed by atoms with Gasteiger partial charge in [-0.2, -0.15) is 0 Å². The topological polar surface area (TPSA) is 110 Å². The van der Waals surface area contributed by atoms with Crippen LogP contribution in [0.25, 0.3) is 0 Å². The molecule has 0 unspecified atom stereocenters. The predicted octanol–water partition coefficient (Wildman–Crippen LogP) is 3.78. The summed E-state index contributed by atoms with van der Waals surface area (Å²) in [5.41, 5.74) is 1.16. The average Bonchev–Trinajstić information content (AvgIpc) is 2.60. The molecule has 28 heavy (non-hydrogen) atoms. The molecule has 0 radical (unpaired) electrons. The molecule has 0 saturated heterocycles. The summed E-state index contributed by atoms with van der Waals surface area (Å²) >= 11 is 5.97. The van der Waals surface area contributed by atoms with Crippen LogP contribution >= 0.6 is 11.6 Å². The Morgan fingerprint density at radius 2 is 1.82 bits per heavy atom. The molecule has 10 heteroatoms. The Morgan fingerprint density at radius 3 is 2.32 bits per heavy atom. The summed E-state index contributed by atoms with van der Waals surface area (Å²) in [5.74, 6) is -0.402. The summed E-state index contributed by atoms with van der Waals surface area (Å²) < 4.78 is 25.3. The molecule has 0 aromatic heterocycles. The quantitative estimate of drug-likeness (QED) is 0.536. The molecule has 0 aliphatic rings. The van der Waals surface area contributed by atoms with Gasteiger partial charge in [-0.1, -0.05) is 37.6 Å². The van der Waals surface area contributed by atoms with Crippen molar-refractivity contribution in [3.63, 3.8) is 0 Å². The van der Waals surface area contributed by atoms with Crippen molar-refractivity contribution in [1.82, 2.24) is 0 Å². The van der Waals surface area contributed by atoms with Crippen LogP contribution in [0.1, 0.15) is 25.3 Å². The van der Waals surface area contributed by atoms with Crippen LogP contribution in [0, 0.1) is 10.1 Å². The molecule has 0 bridgehead atoms. The second kappa shape index (κ2) is 8.57. The van der Waals surface area contributed by atoms with Crippen LogP contribution in [0.5, 0.6) is 0 Å². The van der Waals surface area contributed by atoms with Gasteiger partial charge >= 0.3 is 0 Å². The zero-order valence-electron chi connectivity index (χ0n) is 15.5. The van der Waals surface area contributed by atoms with Gasteiger partial charge in [0.2, 0.25) is 15.9 Å². The van der Waals surface area contributed by atoms with E-state index < -0.39 is 27.4 Å². The molecule has 0 fully saturated rings. The highest BCUT2D eigenvalue weighted by Crippen LogP contribution is 2.27. The van der Waals surface area contributed by atoms with E-state index >= 15 is 0 Å². The Kier molecular flexibility index (Phi) is 6.63. The van der Waals surface area contributed by atoms with Crippen LogP contribution in [0.15, 0.2) is 42.5 Å². The van der Waals surface area contributed by atoms with Gasteiger partial charge in [0.25, 0.3) is 5.69 Å².